The number of hydrogen-bond donors (Lipinski definition) is 0. The summed E-state index contributed by atoms with van der Waals surface area (Å²) in [6.07, 6.45) is 0. The van der Waals surface area contributed by atoms with Crippen molar-refractivity contribution < 1.29 is 8.78 Å². The molecule has 0 N–H and O–H groups in total. The van der Waals surface area contributed by atoms with Crippen LogP contribution >= 0.6 is 0 Å². The predicted molar refractivity (Wildman–Crippen MR) is 165 cm³/mol. The second kappa shape index (κ2) is 7.32. The molecule has 0 amide bonds. The first-order chi connectivity index (χ1) is 20.2. The average molecular weight is 528 g/mol. The maximum Gasteiger partial charge on any atom is 0.252 e. The molecule has 6 aromatic carbocycles. The summed E-state index contributed by atoms with van der Waals surface area (Å²) in [6, 6.07) is 38.3. The zero-order valence-electron chi connectivity index (χ0n) is 21.7. The Kier molecular flexibility index (Phi) is 3.86. The maximum atomic E-state index is 15.4. The van der Waals surface area contributed by atoms with Gasteiger partial charge in [-0.1, -0.05) is 72.8 Å². The van der Waals surface area contributed by atoms with Gasteiger partial charge >= 0.3 is 0 Å². The molecule has 0 atom stereocenters. The summed E-state index contributed by atoms with van der Waals surface area (Å²) < 4.78 is 34.1. The number of benzene rings is 6. The van der Waals surface area contributed by atoms with Crippen LogP contribution in [0.1, 0.15) is 0 Å². The summed E-state index contributed by atoms with van der Waals surface area (Å²) >= 11 is 0. The topological polar surface area (TPSA) is 9.86 Å². The fourth-order valence-electron chi connectivity index (χ4n) is 7.70. The Bertz CT molecular complexity index is 2320. The lowest BCUT2D eigenvalue weighted by Crippen LogP contribution is -2.59. The molecule has 0 spiro atoms. The largest absolute Gasteiger partial charge is 0.310 e. The third-order valence-electron chi connectivity index (χ3n) is 9.22. The lowest BCUT2D eigenvalue weighted by molar-refractivity contribution is 0.585. The van der Waals surface area contributed by atoms with Gasteiger partial charge in [-0.15, -0.1) is 0 Å². The average Bonchev–Trinajstić information content (AvgIpc) is 3.52. The summed E-state index contributed by atoms with van der Waals surface area (Å²) in [5.41, 5.74) is 11.6. The number of para-hydroxylation sites is 4. The van der Waals surface area contributed by atoms with Gasteiger partial charge in [0.1, 0.15) is 11.6 Å². The van der Waals surface area contributed by atoms with Crippen molar-refractivity contribution in [3.05, 3.63) is 127 Å². The molecular weight excluding hydrogens is 509 g/mol. The van der Waals surface area contributed by atoms with Gasteiger partial charge in [0.25, 0.3) is 6.71 Å². The molecule has 0 unspecified atom stereocenters. The normalized spacial score (nSPS) is 13.1. The van der Waals surface area contributed by atoms with E-state index in [0.717, 1.165) is 34.0 Å². The highest BCUT2D eigenvalue weighted by Crippen LogP contribution is 2.40. The van der Waals surface area contributed by atoms with Crippen molar-refractivity contribution in [1.29, 1.82) is 0 Å². The summed E-state index contributed by atoms with van der Waals surface area (Å²) in [5, 5.41) is 4.81. The number of rotatable bonds is 1. The molecule has 2 nitrogen and oxygen atoms in total. The third kappa shape index (κ3) is 2.53. The van der Waals surface area contributed by atoms with Gasteiger partial charge in [0.15, 0.2) is 0 Å². The third-order valence-corrected chi connectivity index (χ3v) is 9.22. The van der Waals surface area contributed by atoms with E-state index in [1.54, 1.807) is 6.07 Å². The molecule has 0 bridgehead atoms. The number of halogens is 2. The van der Waals surface area contributed by atoms with Gasteiger partial charge in [-0.2, -0.15) is 0 Å². The van der Waals surface area contributed by atoms with Crippen LogP contribution < -0.4 is 16.4 Å². The summed E-state index contributed by atoms with van der Waals surface area (Å²) in [7, 11) is 0. The number of nitrogens with zero attached hydrogens (tertiary/aromatic N) is 2. The molecule has 0 radical (unpaired) electrons. The zero-order chi connectivity index (χ0) is 27.0. The fourth-order valence-corrected chi connectivity index (χ4v) is 7.70. The number of aromatic nitrogens is 2. The lowest BCUT2D eigenvalue weighted by Gasteiger charge is -2.34. The molecular formula is C36H19BF2N2. The molecule has 4 heterocycles. The van der Waals surface area contributed by atoms with Crippen molar-refractivity contribution in [3.8, 4) is 22.5 Å². The Labute approximate surface area is 233 Å². The molecule has 2 aromatic heterocycles. The van der Waals surface area contributed by atoms with Crippen LogP contribution in [0.5, 0.6) is 0 Å². The van der Waals surface area contributed by atoms with E-state index in [1.165, 1.54) is 55.0 Å². The molecule has 8 aromatic rings. The van der Waals surface area contributed by atoms with Gasteiger partial charge in [-0.3, -0.25) is 0 Å². The summed E-state index contributed by atoms with van der Waals surface area (Å²) in [5.74, 6) is -1.14. The molecule has 0 saturated carbocycles. The van der Waals surface area contributed by atoms with Gasteiger partial charge < -0.3 is 9.13 Å². The molecule has 5 heteroatoms. The first-order valence-electron chi connectivity index (χ1n) is 13.9. The number of fused-ring (bicyclic) bond motifs is 10. The Morgan fingerprint density at radius 3 is 1.61 bits per heavy atom. The zero-order valence-corrected chi connectivity index (χ0v) is 21.7. The highest BCUT2D eigenvalue weighted by atomic mass is 19.1. The highest BCUT2D eigenvalue weighted by Gasteiger charge is 2.40. The molecule has 0 aliphatic carbocycles. The Hall–Kier alpha value is -5.16. The second-order valence-corrected chi connectivity index (χ2v) is 11.2. The Balaban J connectivity index is 1.47. The SMILES string of the molecule is Fc1ccc(-c2cc3c4c(c2)-n2c5ccccc5c5cccc(c52)B4c2cccc4c5ccccc5n-3c24)c(F)c1. The van der Waals surface area contributed by atoms with Crippen LogP contribution in [0.2, 0.25) is 0 Å². The minimum Gasteiger partial charge on any atom is -0.310 e. The van der Waals surface area contributed by atoms with Crippen molar-refractivity contribution in [2.24, 2.45) is 0 Å². The molecule has 10 rings (SSSR count). The molecule has 2 aliphatic heterocycles. The highest BCUT2D eigenvalue weighted by molar-refractivity contribution is 7.00. The van der Waals surface area contributed by atoms with Crippen molar-refractivity contribution in [1.82, 2.24) is 9.13 Å². The van der Waals surface area contributed by atoms with Crippen LogP contribution in [-0.4, -0.2) is 15.8 Å². The first kappa shape index (κ1) is 21.6. The van der Waals surface area contributed by atoms with E-state index in [1.807, 2.05) is 0 Å². The van der Waals surface area contributed by atoms with E-state index in [0.29, 0.717) is 5.56 Å². The van der Waals surface area contributed by atoms with E-state index in [9.17, 15) is 4.39 Å². The van der Waals surface area contributed by atoms with E-state index in [2.05, 4.69) is 106 Å². The Morgan fingerprint density at radius 1 is 0.512 bits per heavy atom. The van der Waals surface area contributed by atoms with E-state index in [-0.39, 0.29) is 6.71 Å². The minimum atomic E-state index is -0.579. The summed E-state index contributed by atoms with van der Waals surface area (Å²) in [6.45, 7) is 0.0214. The van der Waals surface area contributed by atoms with Crippen LogP contribution in [-0.2, 0) is 0 Å². The van der Waals surface area contributed by atoms with Gasteiger partial charge in [-0.25, -0.2) is 8.78 Å². The van der Waals surface area contributed by atoms with E-state index >= 15 is 4.39 Å². The van der Waals surface area contributed by atoms with Gasteiger partial charge in [0, 0.05) is 55.6 Å². The maximum absolute atomic E-state index is 15.4. The fraction of sp³-hybridized carbons (Fsp3) is 0. The van der Waals surface area contributed by atoms with Crippen molar-refractivity contribution in [2.45, 2.75) is 0 Å². The lowest BCUT2D eigenvalue weighted by atomic mass is 9.34. The van der Waals surface area contributed by atoms with Crippen LogP contribution in [0.3, 0.4) is 0 Å². The minimum absolute atomic E-state index is 0.0214. The van der Waals surface area contributed by atoms with Gasteiger partial charge in [-0.05, 0) is 58.4 Å². The molecule has 0 fully saturated rings. The number of hydrogen-bond acceptors (Lipinski definition) is 0. The Morgan fingerprint density at radius 2 is 1.05 bits per heavy atom. The second-order valence-electron chi connectivity index (χ2n) is 11.2. The van der Waals surface area contributed by atoms with Crippen LogP contribution in [0.15, 0.2) is 115 Å². The smallest absolute Gasteiger partial charge is 0.252 e. The molecule has 41 heavy (non-hydrogen) atoms. The molecule has 2 aliphatic rings. The van der Waals surface area contributed by atoms with E-state index in [4.69, 9.17) is 0 Å². The van der Waals surface area contributed by atoms with Crippen LogP contribution in [0.4, 0.5) is 8.78 Å². The monoisotopic (exact) mass is 528 g/mol. The summed E-state index contributed by atoms with van der Waals surface area (Å²) in [4.78, 5) is 0. The van der Waals surface area contributed by atoms with Crippen molar-refractivity contribution >= 4 is 66.7 Å². The first-order valence-corrected chi connectivity index (χ1v) is 13.9. The standard InChI is InChI=1S/C36H19BF2N2/c38-21-15-16-22(29(39)19-21)20-17-32-34-33(18-20)41-31-14-4-2-8-24(31)26-10-6-12-28(36(26)41)37(34)27-11-5-9-25-23-7-1-3-13-30(23)40(32)35(25)27/h1-19H. The predicted octanol–water partition coefficient (Wildman–Crippen LogP) is 6.97. The van der Waals surface area contributed by atoms with Gasteiger partial charge in [0.2, 0.25) is 0 Å². The quantitative estimate of drug-likeness (QED) is 0.204. The molecule has 0 saturated heterocycles. The van der Waals surface area contributed by atoms with Crippen LogP contribution in [0.25, 0.3) is 66.1 Å². The molecule has 190 valence electrons. The van der Waals surface area contributed by atoms with Crippen molar-refractivity contribution in [3.63, 3.8) is 0 Å². The van der Waals surface area contributed by atoms with E-state index < -0.39 is 11.6 Å². The van der Waals surface area contributed by atoms with Gasteiger partial charge in [0.05, 0.1) is 11.0 Å². The van der Waals surface area contributed by atoms with Crippen LogP contribution in [0, 0.1) is 11.6 Å². The van der Waals surface area contributed by atoms with Crippen molar-refractivity contribution in [2.75, 3.05) is 0 Å².